The summed E-state index contributed by atoms with van der Waals surface area (Å²) in [6.45, 7) is 1.12. The number of carbonyl (C=O) groups is 2. The zero-order valence-electron chi connectivity index (χ0n) is 11.4. The Morgan fingerprint density at radius 2 is 2.05 bits per heavy atom. The first kappa shape index (κ1) is 14.5. The molecule has 3 N–H and O–H groups in total. The number of rotatable bonds is 5. The number of benzene rings is 1. The normalized spacial score (nSPS) is 19.9. The maximum atomic E-state index is 12.2. The first-order chi connectivity index (χ1) is 9.56. The first-order valence-electron chi connectivity index (χ1n) is 6.86. The number of carboxylic acids is 1. The average molecular weight is 276 g/mol. The van der Waals surface area contributed by atoms with Crippen LogP contribution in [0.5, 0.6) is 0 Å². The second-order valence-electron chi connectivity index (χ2n) is 5.33. The molecule has 108 valence electrons. The maximum Gasteiger partial charge on any atom is 0.303 e. The van der Waals surface area contributed by atoms with Gasteiger partial charge in [0.15, 0.2) is 0 Å². The Morgan fingerprint density at radius 1 is 1.35 bits per heavy atom. The highest BCUT2D eigenvalue weighted by Crippen LogP contribution is 2.20. The fourth-order valence-corrected chi connectivity index (χ4v) is 2.64. The number of aliphatic carboxylic acids is 1. The van der Waals surface area contributed by atoms with E-state index in [0.29, 0.717) is 19.5 Å². The predicted octanol–water partition coefficient (Wildman–Crippen LogP) is 0.880. The Hall–Kier alpha value is -1.88. The lowest BCUT2D eigenvalue weighted by Crippen LogP contribution is -2.44. The van der Waals surface area contributed by atoms with Gasteiger partial charge in [0, 0.05) is 19.5 Å². The first-order valence-corrected chi connectivity index (χ1v) is 6.86. The highest BCUT2D eigenvalue weighted by molar-refractivity contribution is 5.82. The fraction of sp³-hybridized carbons (Fsp3) is 0.467. The van der Waals surface area contributed by atoms with E-state index in [1.54, 1.807) is 4.90 Å². The number of carboxylic acid groups (broad SMARTS) is 1. The molecule has 2 atom stereocenters. The second kappa shape index (κ2) is 6.52. The molecular formula is C15H20N2O3. The Labute approximate surface area is 118 Å². The molecule has 1 unspecified atom stereocenters. The molecule has 20 heavy (non-hydrogen) atoms. The van der Waals surface area contributed by atoms with Crippen molar-refractivity contribution in [2.24, 2.45) is 11.7 Å². The van der Waals surface area contributed by atoms with Crippen molar-refractivity contribution in [2.75, 3.05) is 13.1 Å². The van der Waals surface area contributed by atoms with E-state index in [1.807, 2.05) is 30.3 Å². The molecular weight excluding hydrogens is 256 g/mol. The Balaban J connectivity index is 1.87. The summed E-state index contributed by atoms with van der Waals surface area (Å²) in [5.74, 6) is -0.833. The van der Waals surface area contributed by atoms with Gasteiger partial charge in [-0.2, -0.15) is 0 Å². The van der Waals surface area contributed by atoms with Gasteiger partial charge in [-0.15, -0.1) is 0 Å². The molecule has 1 aromatic rings. The summed E-state index contributed by atoms with van der Waals surface area (Å²) in [6, 6.07) is 9.11. The van der Waals surface area contributed by atoms with Crippen LogP contribution < -0.4 is 5.73 Å². The lowest BCUT2D eigenvalue weighted by atomic mass is 10.0. The van der Waals surface area contributed by atoms with Gasteiger partial charge in [-0.05, 0) is 24.3 Å². The van der Waals surface area contributed by atoms with Crippen LogP contribution in [-0.2, 0) is 16.0 Å². The van der Waals surface area contributed by atoms with Gasteiger partial charge >= 0.3 is 5.97 Å². The summed E-state index contributed by atoms with van der Waals surface area (Å²) in [6.07, 6.45) is 1.38. The minimum absolute atomic E-state index is 0.0559. The minimum Gasteiger partial charge on any atom is -0.481 e. The Kier molecular flexibility index (Phi) is 4.74. The molecule has 1 saturated heterocycles. The van der Waals surface area contributed by atoms with Gasteiger partial charge in [0.05, 0.1) is 6.04 Å². The number of likely N-dealkylation sites (tertiary alicyclic amines) is 1. The maximum absolute atomic E-state index is 12.2. The lowest BCUT2D eigenvalue weighted by molar-refractivity contribution is -0.138. The summed E-state index contributed by atoms with van der Waals surface area (Å²) in [7, 11) is 0. The molecule has 1 aromatic carbocycles. The molecule has 0 aliphatic carbocycles. The molecule has 1 fully saturated rings. The highest BCUT2D eigenvalue weighted by Gasteiger charge is 2.30. The van der Waals surface area contributed by atoms with E-state index in [9.17, 15) is 9.59 Å². The summed E-state index contributed by atoms with van der Waals surface area (Å²) < 4.78 is 0. The molecule has 0 saturated carbocycles. The third-order valence-electron chi connectivity index (χ3n) is 3.68. The van der Waals surface area contributed by atoms with Crippen molar-refractivity contribution in [3.05, 3.63) is 35.9 Å². The van der Waals surface area contributed by atoms with E-state index in [-0.39, 0.29) is 18.2 Å². The lowest BCUT2D eigenvalue weighted by Gasteiger charge is -2.21. The van der Waals surface area contributed by atoms with Gasteiger partial charge in [-0.25, -0.2) is 0 Å². The van der Waals surface area contributed by atoms with Gasteiger partial charge in [-0.1, -0.05) is 30.3 Å². The largest absolute Gasteiger partial charge is 0.481 e. The molecule has 1 amide bonds. The molecule has 0 bridgehead atoms. The van der Waals surface area contributed by atoms with E-state index in [4.69, 9.17) is 10.8 Å². The zero-order chi connectivity index (χ0) is 14.5. The van der Waals surface area contributed by atoms with Gasteiger partial charge < -0.3 is 15.7 Å². The van der Waals surface area contributed by atoms with Crippen LogP contribution in [0.4, 0.5) is 0 Å². The van der Waals surface area contributed by atoms with Crippen molar-refractivity contribution in [2.45, 2.75) is 25.3 Å². The average Bonchev–Trinajstić information content (AvgIpc) is 2.86. The molecule has 5 nitrogen and oxygen atoms in total. The van der Waals surface area contributed by atoms with Gasteiger partial charge in [0.2, 0.25) is 5.91 Å². The van der Waals surface area contributed by atoms with E-state index in [1.165, 1.54) is 0 Å². The summed E-state index contributed by atoms with van der Waals surface area (Å²) in [4.78, 5) is 24.6. The molecule has 0 aromatic heterocycles. The van der Waals surface area contributed by atoms with Crippen molar-refractivity contribution in [3.8, 4) is 0 Å². The van der Waals surface area contributed by atoms with Crippen molar-refractivity contribution < 1.29 is 14.7 Å². The number of amides is 1. The zero-order valence-corrected chi connectivity index (χ0v) is 11.4. The van der Waals surface area contributed by atoms with Gasteiger partial charge in [0.1, 0.15) is 0 Å². The Morgan fingerprint density at radius 3 is 2.70 bits per heavy atom. The van der Waals surface area contributed by atoms with E-state index >= 15 is 0 Å². The number of hydrogen-bond donors (Lipinski definition) is 2. The van der Waals surface area contributed by atoms with Crippen LogP contribution in [0, 0.1) is 5.92 Å². The molecule has 1 aliphatic rings. The smallest absolute Gasteiger partial charge is 0.303 e. The Bertz CT molecular complexity index is 475. The van der Waals surface area contributed by atoms with Crippen molar-refractivity contribution in [3.63, 3.8) is 0 Å². The molecule has 0 radical (unpaired) electrons. The summed E-state index contributed by atoms with van der Waals surface area (Å²) in [5.41, 5.74) is 7.00. The fourth-order valence-electron chi connectivity index (χ4n) is 2.64. The van der Waals surface area contributed by atoms with Gasteiger partial charge in [0.25, 0.3) is 0 Å². The van der Waals surface area contributed by atoms with Crippen LogP contribution in [0.1, 0.15) is 18.4 Å². The summed E-state index contributed by atoms with van der Waals surface area (Å²) in [5, 5.41) is 8.77. The van der Waals surface area contributed by atoms with Crippen LogP contribution in [0.15, 0.2) is 30.3 Å². The van der Waals surface area contributed by atoms with E-state index in [0.717, 1.165) is 12.0 Å². The quantitative estimate of drug-likeness (QED) is 0.836. The monoisotopic (exact) mass is 276 g/mol. The third kappa shape index (κ3) is 3.81. The molecule has 5 heteroatoms. The standard InChI is InChI=1S/C15H20N2O3/c16-13(8-11-4-2-1-3-5-11)15(20)17-7-6-12(10-17)9-14(18)19/h1-5,12-13H,6-10,16H2,(H,18,19)/t12?,13-/m1/s1. The second-order valence-corrected chi connectivity index (χ2v) is 5.33. The van der Waals surface area contributed by atoms with E-state index in [2.05, 4.69) is 0 Å². The number of nitrogens with zero attached hydrogens (tertiary/aromatic N) is 1. The highest BCUT2D eigenvalue weighted by atomic mass is 16.4. The van der Waals surface area contributed by atoms with Gasteiger partial charge in [-0.3, -0.25) is 9.59 Å². The van der Waals surface area contributed by atoms with Crippen molar-refractivity contribution in [1.82, 2.24) is 4.90 Å². The van der Waals surface area contributed by atoms with Crippen LogP contribution in [0.3, 0.4) is 0 Å². The topological polar surface area (TPSA) is 83.6 Å². The molecule has 0 spiro atoms. The van der Waals surface area contributed by atoms with Crippen LogP contribution in [0.25, 0.3) is 0 Å². The molecule has 2 rings (SSSR count). The van der Waals surface area contributed by atoms with Crippen LogP contribution in [0.2, 0.25) is 0 Å². The number of nitrogens with two attached hydrogens (primary N) is 1. The number of carbonyl (C=O) groups excluding carboxylic acids is 1. The summed E-state index contributed by atoms with van der Waals surface area (Å²) >= 11 is 0. The molecule has 1 heterocycles. The van der Waals surface area contributed by atoms with E-state index < -0.39 is 12.0 Å². The minimum atomic E-state index is -0.808. The molecule has 1 aliphatic heterocycles. The number of hydrogen-bond acceptors (Lipinski definition) is 3. The van der Waals surface area contributed by atoms with Crippen molar-refractivity contribution in [1.29, 1.82) is 0 Å². The van der Waals surface area contributed by atoms with Crippen LogP contribution >= 0.6 is 0 Å². The predicted molar refractivity (Wildman–Crippen MR) is 75.1 cm³/mol. The van der Waals surface area contributed by atoms with Crippen LogP contribution in [-0.4, -0.2) is 41.0 Å². The SMILES string of the molecule is N[C@H](Cc1ccccc1)C(=O)N1CCC(CC(=O)O)C1. The third-order valence-corrected chi connectivity index (χ3v) is 3.68. The van der Waals surface area contributed by atoms with Crippen molar-refractivity contribution >= 4 is 11.9 Å².